The fourth-order valence-corrected chi connectivity index (χ4v) is 1.98. The molecule has 3 nitrogen and oxygen atoms in total. The smallest absolute Gasteiger partial charge is 0.307 e. The topological polar surface area (TPSA) is 29.5 Å². The van der Waals surface area contributed by atoms with E-state index in [0.29, 0.717) is 12.5 Å². The Morgan fingerprint density at radius 3 is 2.60 bits per heavy atom. The van der Waals surface area contributed by atoms with E-state index in [1.807, 2.05) is 20.8 Å². The molecule has 0 aromatic carbocycles. The lowest BCUT2D eigenvalue weighted by Crippen LogP contribution is -2.39. The van der Waals surface area contributed by atoms with Crippen LogP contribution >= 0.6 is 0 Å². The molecular weight excluding hydrogens is 190 g/mol. The number of esters is 1. The zero-order valence-corrected chi connectivity index (χ0v) is 10.4. The summed E-state index contributed by atoms with van der Waals surface area (Å²) in [6.07, 6.45) is 4.14. The zero-order chi connectivity index (χ0) is 11.5. The molecule has 1 rings (SSSR count). The first-order valence-electron chi connectivity index (χ1n) is 5.80. The van der Waals surface area contributed by atoms with Crippen LogP contribution in [-0.4, -0.2) is 36.1 Å². The Bertz CT molecular complexity index is 220. The van der Waals surface area contributed by atoms with Crippen molar-refractivity contribution < 1.29 is 9.53 Å². The van der Waals surface area contributed by atoms with Gasteiger partial charge in [0.05, 0.1) is 6.42 Å². The van der Waals surface area contributed by atoms with Gasteiger partial charge in [-0.1, -0.05) is 6.42 Å². The molecule has 1 fully saturated rings. The average Bonchev–Trinajstić information content (AvgIpc) is 2.05. The number of ether oxygens (including phenoxy) is 1. The predicted molar refractivity (Wildman–Crippen MR) is 60.7 cm³/mol. The molecule has 88 valence electrons. The minimum atomic E-state index is -0.357. The highest BCUT2D eigenvalue weighted by molar-refractivity contribution is 5.70. The average molecular weight is 213 g/mol. The van der Waals surface area contributed by atoms with Crippen molar-refractivity contribution >= 4 is 5.97 Å². The van der Waals surface area contributed by atoms with Crippen LogP contribution in [0, 0.1) is 0 Å². The van der Waals surface area contributed by atoms with E-state index < -0.39 is 0 Å². The van der Waals surface area contributed by atoms with E-state index in [0.717, 1.165) is 13.0 Å². The number of likely N-dealkylation sites (tertiary alicyclic amines) is 1. The van der Waals surface area contributed by atoms with E-state index in [1.165, 1.54) is 12.8 Å². The van der Waals surface area contributed by atoms with E-state index in [-0.39, 0.29) is 11.6 Å². The van der Waals surface area contributed by atoms with Gasteiger partial charge in [0, 0.05) is 6.04 Å². The molecule has 15 heavy (non-hydrogen) atoms. The van der Waals surface area contributed by atoms with Crippen LogP contribution in [0.1, 0.15) is 46.5 Å². The maximum absolute atomic E-state index is 11.6. The maximum Gasteiger partial charge on any atom is 0.307 e. The number of carbonyl (C=O) groups excluding carboxylic acids is 1. The first-order chi connectivity index (χ1) is 6.88. The highest BCUT2D eigenvalue weighted by Gasteiger charge is 2.24. The number of carbonyl (C=O) groups is 1. The molecule has 0 aliphatic carbocycles. The Hall–Kier alpha value is -0.570. The highest BCUT2D eigenvalue weighted by Crippen LogP contribution is 2.19. The number of hydrogen-bond donors (Lipinski definition) is 0. The lowest BCUT2D eigenvalue weighted by molar-refractivity contribution is -0.156. The molecule has 1 atom stereocenters. The van der Waals surface area contributed by atoms with Gasteiger partial charge in [-0.2, -0.15) is 0 Å². The molecule has 0 N–H and O–H groups in total. The van der Waals surface area contributed by atoms with Gasteiger partial charge in [0.15, 0.2) is 0 Å². The minimum Gasteiger partial charge on any atom is -0.460 e. The van der Waals surface area contributed by atoms with E-state index in [4.69, 9.17) is 4.74 Å². The van der Waals surface area contributed by atoms with Gasteiger partial charge in [-0.25, -0.2) is 0 Å². The van der Waals surface area contributed by atoms with E-state index in [2.05, 4.69) is 11.9 Å². The summed E-state index contributed by atoms with van der Waals surface area (Å²) in [6, 6.07) is 0.383. The lowest BCUT2D eigenvalue weighted by atomic mass is 10.0. The molecule has 0 radical (unpaired) electrons. The number of hydrogen-bond acceptors (Lipinski definition) is 3. The van der Waals surface area contributed by atoms with Crippen LogP contribution in [-0.2, 0) is 9.53 Å². The molecule has 0 saturated carbocycles. The van der Waals surface area contributed by atoms with Crippen LogP contribution in [0.15, 0.2) is 0 Å². The second-order valence-corrected chi connectivity index (χ2v) is 5.42. The summed E-state index contributed by atoms with van der Waals surface area (Å²) < 4.78 is 5.32. The van der Waals surface area contributed by atoms with Gasteiger partial charge >= 0.3 is 5.97 Å². The van der Waals surface area contributed by atoms with Crippen molar-refractivity contribution in [2.75, 3.05) is 13.6 Å². The van der Waals surface area contributed by atoms with Gasteiger partial charge in [-0.05, 0) is 47.2 Å². The normalized spacial score (nSPS) is 23.9. The third kappa shape index (κ3) is 4.65. The SMILES string of the molecule is CN1CCCC[C@H]1CC(=O)OC(C)(C)C. The minimum absolute atomic E-state index is 0.0683. The summed E-state index contributed by atoms with van der Waals surface area (Å²) in [6.45, 7) is 6.84. The van der Waals surface area contributed by atoms with Crippen LogP contribution in [0.5, 0.6) is 0 Å². The van der Waals surface area contributed by atoms with Gasteiger partial charge in [-0.15, -0.1) is 0 Å². The third-order valence-electron chi connectivity index (χ3n) is 2.74. The van der Waals surface area contributed by atoms with Crippen molar-refractivity contribution in [2.24, 2.45) is 0 Å². The molecule has 0 amide bonds. The quantitative estimate of drug-likeness (QED) is 0.659. The predicted octanol–water partition coefficient (Wildman–Crippen LogP) is 2.20. The molecule has 0 unspecified atom stereocenters. The van der Waals surface area contributed by atoms with Crippen molar-refractivity contribution in [3.8, 4) is 0 Å². The maximum atomic E-state index is 11.6. The van der Waals surface area contributed by atoms with Crippen LogP contribution in [0.4, 0.5) is 0 Å². The summed E-state index contributed by atoms with van der Waals surface area (Å²) >= 11 is 0. The highest BCUT2D eigenvalue weighted by atomic mass is 16.6. The van der Waals surface area contributed by atoms with Crippen molar-refractivity contribution in [2.45, 2.75) is 58.1 Å². The fourth-order valence-electron chi connectivity index (χ4n) is 1.98. The molecule has 0 spiro atoms. The fraction of sp³-hybridized carbons (Fsp3) is 0.917. The Morgan fingerprint density at radius 1 is 1.40 bits per heavy atom. The van der Waals surface area contributed by atoms with Crippen molar-refractivity contribution in [3.63, 3.8) is 0 Å². The summed E-state index contributed by atoms with van der Waals surface area (Å²) in [5, 5.41) is 0. The van der Waals surface area contributed by atoms with Crippen molar-refractivity contribution in [3.05, 3.63) is 0 Å². The summed E-state index contributed by atoms with van der Waals surface area (Å²) in [7, 11) is 2.09. The summed E-state index contributed by atoms with van der Waals surface area (Å²) in [5.41, 5.74) is -0.357. The zero-order valence-electron chi connectivity index (χ0n) is 10.4. The van der Waals surface area contributed by atoms with Gasteiger partial charge in [-0.3, -0.25) is 4.79 Å². The Labute approximate surface area is 92.8 Å². The van der Waals surface area contributed by atoms with E-state index in [9.17, 15) is 4.79 Å². The van der Waals surface area contributed by atoms with Gasteiger partial charge in [0.2, 0.25) is 0 Å². The summed E-state index contributed by atoms with van der Waals surface area (Å²) in [4.78, 5) is 13.9. The lowest BCUT2D eigenvalue weighted by Gasteiger charge is -2.32. The molecule has 1 aliphatic heterocycles. The number of piperidine rings is 1. The largest absolute Gasteiger partial charge is 0.460 e. The first kappa shape index (κ1) is 12.5. The Kier molecular flexibility index (Phi) is 4.14. The molecule has 1 heterocycles. The number of nitrogens with zero attached hydrogens (tertiary/aromatic N) is 1. The van der Waals surface area contributed by atoms with Gasteiger partial charge in [0.1, 0.15) is 5.60 Å². The third-order valence-corrected chi connectivity index (χ3v) is 2.74. The van der Waals surface area contributed by atoms with Crippen LogP contribution in [0.3, 0.4) is 0 Å². The first-order valence-corrected chi connectivity index (χ1v) is 5.80. The molecule has 3 heteroatoms. The molecule has 1 saturated heterocycles. The molecule has 1 aliphatic rings. The standard InChI is InChI=1S/C12H23NO2/c1-12(2,3)15-11(14)9-10-7-5-6-8-13(10)4/h10H,5-9H2,1-4H3/t10-/m0/s1. The van der Waals surface area contributed by atoms with Crippen molar-refractivity contribution in [1.82, 2.24) is 4.90 Å². The van der Waals surface area contributed by atoms with E-state index in [1.54, 1.807) is 0 Å². The second-order valence-electron chi connectivity index (χ2n) is 5.42. The monoisotopic (exact) mass is 213 g/mol. The molecule has 0 aromatic heterocycles. The van der Waals surface area contributed by atoms with Crippen molar-refractivity contribution in [1.29, 1.82) is 0 Å². The van der Waals surface area contributed by atoms with Crippen LogP contribution < -0.4 is 0 Å². The second kappa shape index (κ2) is 4.97. The number of rotatable bonds is 2. The van der Waals surface area contributed by atoms with Gasteiger partial charge in [0.25, 0.3) is 0 Å². The molecule has 0 aromatic rings. The van der Waals surface area contributed by atoms with Crippen LogP contribution in [0.2, 0.25) is 0 Å². The van der Waals surface area contributed by atoms with Crippen LogP contribution in [0.25, 0.3) is 0 Å². The Morgan fingerprint density at radius 2 is 2.07 bits per heavy atom. The molecular formula is C12H23NO2. The summed E-state index contributed by atoms with van der Waals surface area (Å²) in [5.74, 6) is -0.0683. The Balaban J connectivity index is 2.36. The molecule has 0 bridgehead atoms. The van der Waals surface area contributed by atoms with Gasteiger partial charge < -0.3 is 9.64 Å². The van der Waals surface area contributed by atoms with E-state index >= 15 is 0 Å².